The highest BCUT2D eigenvalue weighted by atomic mass is 16.5. The van der Waals surface area contributed by atoms with Gasteiger partial charge in [-0.05, 0) is 49.6 Å². The zero-order chi connectivity index (χ0) is 20.6. The Balaban J connectivity index is 1.44. The van der Waals surface area contributed by atoms with Gasteiger partial charge < -0.3 is 10.1 Å². The second-order valence-electron chi connectivity index (χ2n) is 7.57. The molecular formula is C27H28N2O. The summed E-state index contributed by atoms with van der Waals surface area (Å²) in [5.74, 6) is 0.936. The highest BCUT2D eigenvalue weighted by Crippen LogP contribution is 2.31. The van der Waals surface area contributed by atoms with E-state index in [1.54, 1.807) is 0 Å². The topological polar surface area (TPSA) is 34.2 Å². The quantitative estimate of drug-likeness (QED) is 0.361. The van der Waals surface area contributed by atoms with Crippen molar-refractivity contribution in [2.24, 2.45) is 0 Å². The smallest absolute Gasteiger partial charge is 0.133 e. The maximum atomic E-state index is 6.29. The normalized spacial score (nSPS) is 11.0. The summed E-state index contributed by atoms with van der Waals surface area (Å²) >= 11 is 0. The van der Waals surface area contributed by atoms with Crippen molar-refractivity contribution in [1.29, 1.82) is 0 Å². The number of pyridine rings is 1. The van der Waals surface area contributed by atoms with Crippen LogP contribution in [0.15, 0.2) is 84.9 Å². The first-order valence-electron chi connectivity index (χ1n) is 10.6. The predicted molar refractivity (Wildman–Crippen MR) is 124 cm³/mol. The van der Waals surface area contributed by atoms with Gasteiger partial charge in [-0.15, -0.1) is 0 Å². The van der Waals surface area contributed by atoms with E-state index in [1.165, 1.54) is 11.1 Å². The highest BCUT2D eigenvalue weighted by Gasteiger charge is 2.13. The molecule has 152 valence electrons. The Labute approximate surface area is 178 Å². The molecule has 3 heteroatoms. The Morgan fingerprint density at radius 2 is 1.47 bits per heavy atom. The molecule has 0 spiro atoms. The van der Waals surface area contributed by atoms with Crippen molar-refractivity contribution < 1.29 is 4.74 Å². The molecule has 0 saturated carbocycles. The van der Waals surface area contributed by atoms with Crippen molar-refractivity contribution >= 4 is 10.9 Å². The van der Waals surface area contributed by atoms with E-state index >= 15 is 0 Å². The van der Waals surface area contributed by atoms with Crippen LogP contribution < -0.4 is 10.1 Å². The Hall–Kier alpha value is -3.17. The molecule has 0 saturated heterocycles. The average molecular weight is 397 g/mol. The fourth-order valence-corrected chi connectivity index (χ4v) is 3.68. The SMILES string of the molecule is Cc1c(CNCCCc2ccccc2)nc2ccccc2c1OCc1ccccc1. The number of para-hydroxylation sites is 1. The van der Waals surface area contributed by atoms with Crippen LogP contribution >= 0.6 is 0 Å². The lowest BCUT2D eigenvalue weighted by Crippen LogP contribution is -2.17. The molecule has 1 aromatic heterocycles. The van der Waals surface area contributed by atoms with Crippen molar-refractivity contribution in [2.45, 2.75) is 32.9 Å². The lowest BCUT2D eigenvalue weighted by molar-refractivity contribution is 0.307. The summed E-state index contributed by atoms with van der Waals surface area (Å²) in [7, 11) is 0. The van der Waals surface area contributed by atoms with E-state index < -0.39 is 0 Å². The first kappa shape index (κ1) is 20.1. The first-order valence-corrected chi connectivity index (χ1v) is 10.6. The van der Waals surface area contributed by atoms with Crippen LogP contribution in [0.1, 0.15) is 28.8 Å². The summed E-state index contributed by atoms with van der Waals surface area (Å²) in [4.78, 5) is 4.90. The van der Waals surface area contributed by atoms with Gasteiger partial charge in [0.1, 0.15) is 12.4 Å². The highest BCUT2D eigenvalue weighted by molar-refractivity contribution is 5.86. The second-order valence-corrected chi connectivity index (χ2v) is 7.57. The number of fused-ring (bicyclic) bond motifs is 1. The molecule has 1 heterocycles. The fraction of sp³-hybridized carbons (Fsp3) is 0.222. The molecule has 0 unspecified atom stereocenters. The second kappa shape index (κ2) is 10.0. The van der Waals surface area contributed by atoms with E-state index in [9.17, 15) is 0 Å². The van der Waals surface area contributed by atoms with Gasteiger partial charge in [0, 0.05) is 17.5 Å². The average Bonchev–Trinajstić information content (AvgIpc) is 2.80. The maximum absolute atomic E-state index is 6.29. The zero-order valence-electron chi connectivity index (χ0n) is 17.5. The van der Waals surface area contributed by atoms with Gasteiger partial charge in [0.25, 0.3) is 0 Å². The van der Waals surface area contributed by atoms with E-state index in [1.807, 2.05) is 30.3 Å². The molecular weight excluding hydrogens is 368 g/mol. The standard InChI is InChI=1S/C27H28N2O/c1-21-26(19-28-18-10-15-22-11-4-2-5-12-22)29-25-17-9-8-16-24(25)27(21)30-20-23-13-6-3-7-14-23/h2-9,11-14,16-17,28H,10,15,18-20H2,1H3. The number of hydrogen-bond acceptors (Lipinski definition) is 3. The van der Waals surface area contributed by atoms with Gasteiger partial charge in [0.2, 0.25) is 0 Å². The van der Waals surface area contributed by atoms with E-state index in [4.69, 9.17) is 9.72 Å². The van der Waals surface area contributed by atoms with Gasteiger partial charge in [0.15, 0.2) is 0 Å². The number of nitrogens with one attached hydrogen (secondary N) is 1. The maximum Gasteiger partial charge on any atom is 0.133 e. The number of aromatic nitrogens is 1. The monoisotopic (exact) mass is 396 g/mol. The predicted octanol–water partition coefficient (Wildman–Crippen LogP) is 5.84. The molecule has 0 aliphatic carbocycles. The molecule has 0 radical (unpaired) electrons. The van der Waals surface area contributed by atoms with Crippen molar-refractivity contribution in [3.05, 3.63) is 107 Å². The minimum atomic E-state index is 0.555. The first-order chi connectivity index (χ1) is 14.8. The van der Waals surface area contributed by atoms with Crippen LogP contribution in [0.5, 0.6) is 5.75 Å². The lowest BCUT2D eigenvalue weighted by atomic mass is 10.1. The summed E-state index contributed by atoms with van der Waals surface area (Å²) in [6.07, 6.45) is 2.19. The van der Waals surface area contributed by atoms with Gasteiger partial charge >= 0.3 is 0 Å². The summed E-state index contributed by atoms with van der Waals surface area (Å²) in [6, 6.07) is 29.1. The number of hydrogen-bond donors (Lipinski definition) is 1. The minimum absolute atomic E-state index is 0.555. The van der Waals surface area contributed by atoms with Crippen LogP contribution in [0, 0.1) is 6.92 Å². The summed E-state index contributed by atoms with van der Waals surface area (Å²) in [5, 5.41) is 4.63. The van der Waals surface area contributed by atoms with Gasteiger partial charge in [-0.25, -0.2) is 0 Å². The van der Waals surface area contributed by atoms with Gasteiger partial charge in [-0.1, -0.05) is 72.8 Å². The van der Waals surface area contributed by atoms with Crippen LogP contribution in [-0.4, -0.2) is 11.5 Å². The molecule has 1 N–H and O–H groups in total. The zero-order valence-corrected chi connectivity index (χ0v) is 17.5. The van der Waals surface area contributed by atoms with Crippen molar-refractivity contribution in [3.63, 3.8) is 0 Å². The molecule has 0 fully saturated rings. The van der Waals surface area contributed by atoms with Crippen LogP contribution in [0.2, 0.25) is 0 Å². The van der Waals surface area contributed by atoms with Crippen LogP contribution in [0.3, 0.4) is 0 Å². The number of aryl methyl sites for hydroxylation is 1. The third-order valence-electron chi connectivity index (χ3n) is 5.36. The van der Waals surface area contributed by atoms with Crippen LogP contribution in [0.4, 0.5) is 0 Å². The summed E-state index contributed by atoms with van der Waals surface area (Å²) in [6.45, 7) is 4.37. The summed E-state index contributed by atoms with van der Waals surface area (Å²) in [5.41, 5.74) is 5.69. The molecule has 0 aliphatic heterocycles. The fourth-order valence-electron chi connectivity index (χ4n) is 3.68. The third kappa shape index (κ3) is 5.05. The minimum Gasteiger partial charge on any atom is -0.488 e. The molecule has 0 bridgehead atoms. The van der Waals surface area contributed by atoms with E-state index in [2.05, 4.69) is 66.8 Å². The lowest BCUT2D eigenvalue weighted by Gasteiger charge is -2.16. The molecule has 3 nitrogen and oxygen atoms in total. The molecule has 0 atom stereocenters. The Bertz CT molecular complexity index is 1080. The summed E-state index contributed by atoms with van der Waals surface area (Å²) < 4.78 is 6.29. The van der Waals surface area contributed by atoms with Crippen molar-refractivity contribution in [1.82, 2.24) is 10.3 Å². The van der Waals surface area contributed by atoms with Gasteiger partial charge in [0.05, 0.1) is 11.2 Å². The number of rotatable bonds is 9. The number of benzene rings is 3. The molecule has 3 aromatic carbocycles. The Morgan fingerprint density at radius 3 is 2.23 bits per heavy atom. The van der Waals surface area contributed by atoms with E-state index in [0.29, 0.717) is 6.61 Å². The van der Waals surface area contributed by atoms with E-state index in [0.717, 1.165) is 53.8 Å². The molecule has 4 aromatic rings. The molecule has 0 aliphatic rings. The van der Waals surface area contributed by atoms with Gasteiger partial charge in [-0.3, -0.25) is 4.98 Å². The van der Waals surface area contributed by atoms with Gasteiger partial charge in [-0.2, -0.15) is 0 Å². The molecule has 4 rings (SSSR count). The number of ether oxygens (including phenoxy) is 1. The van der Waals surface area contributed by atoms with Crippen LogP contribution in [-0.2, 0) is 19.6 Å². The largest absolute Gasteiger partial charge is 0.488 e. The van der Waals surface area contributed by atoms with Crippen LogP contribution in [0.25, 0.3) is 10.9 Å². The van der Waals surface area contributed by atoms with Crippen molar-refractivity contribution in [3.8, 4) is 5.75 Å². The Kier molecular flexibility index (Phi) is 6.73. The molecule has 0 amide bonds. The van der Waals surface area contributed by atoms with Crippen molar-refractivity contribution in [2.75, 3.05) is 6.54 Å². The number of nitrogens with zero attached hydrogens (tertiary/aromatic N) is 1. The molecule has 30 heavy (non-hydrogen) atoms. The van der Waals surface area contributed by atoms with E-state index in [-0.39, 0.29) is 0 Å². The third-order valence-corrected chi connectivity index (χ3v) is 5.36. The Morgan fingerprint density at radius 1 is 0.800 bits per heavy atom.